The number of fused-ring (bicyclic) bond motifs is 1. The third-order valence-electron chi connectivity index (χ3n) is 4.28. The minimum atomic E-state index is -3.53. The second-order valence-electron chi connectivity index (χ2n) is 5.64. The van der Waals surface area contributed by atoms with E-state index >= 15 is 0 Å². The Hall–Kier alpha value is -1.43. The lowest BCUT2D eigenvalue weighted by atomic mass is 10.1. The van der Waals surface area contributed by atoms with Gasteiger partial charge in [-0.05, 0) is 30.2 Å². The first-order valence-electron chi connectivity index (χ1n) is 7.21. The van der Waals surface area contributed by atoms with Crippen LogP contribution in [0.2, 0.25) is 0 Å². The average Bonchev–Trinajstić information content (AvgIpc) is 3.32. The fraction of sp³-hybridized carbons (Fsp3) is 0.375. The van der Waals surface area contributed by atoms with Crippen LogP contribution in [-0.4, -0.2) is 32.4 Å². The Morgan fingerprint density at radius 2 is 1.86 bits per heavy atom. The first kappa shape index (κ1) is 14.5. The third-order valence-corrected chi connectivity index (χ3v) is 6.22. The molecule has 1 aliphatic carbocycles. The summed E-state index contributed by atoms with van der Waals surface area (Å²) in [5.74, 6) is 0.407. The average molecular weight is 304 g/mol. The maximum absolute atomic E-state index is 12.9. The van der Waals surface area contributed by atoms with Crippen molar-refractivity contribution in [2.24, 2.45) is 11.7 Å². The lowest BCUT2D eigenvalue weighted by molar-refractivity contribution is 0.341. The van der Waals surface area contributed by atoms with Gasteiger partial charge in [0.25, 0.3) is 0 Å². The number of sulfonamides is 1. The Labute approximate surface area is 125 Å². The van der Waals surface area contributed by atoms with Gasteiger partial charge in [0.1, 0.15) is 0 Å². The van der Waals surface area contributed by atoms with Crippen molar-refractivity contribution in [3.05, 3.63) is 42.5 Å². The highest BCUT2D eigenvalue weighted by Crippen LogP contribution is 2.37. The first-order chi connectivity index (χ1) is 10.1. The summed E-state index contributed by atoms with van der Waals surface area (Å²) in [6.45, 7) is 0.366. The molecule has 1 unspecified atom stereocenters. The van der Waals surface area contributed by atoms with Crippen LogP contribution < -0.4 is 5.73 Å². The van der Waals surface area contributed by atoms with E-state index in [1.54, 1.807) is 19.2 Å². The van der Waals surface area contributed by atoms with Gasteiger partial charge in [0.05, 0.1) is 4.90 Å². The van der Waals surface area contributed by atoms with Crippen LogP contribution >= 0.6 is 0 Å². The fourth-order valence-corrected chi connectivity index (χ4v) is 4.51. The predicted octanol–water partition coefficient (Wildman–Crippen LogP) is 2.20. The van der Waals surface area contributed by atoms with Crippen LogP contribution in [0, 0.1) is 5.92 Å². The van der Waals surface area contributed by atoms with Crippen molar-refractivity contribution in [2.45, 2.75) is 23.8 Å². The van der Waals surface area contributed by atoms with Gasteiger partial charge in [0.15, 0.2) is 0 Å². The molecule has 5 heteroatoms. The lowest BCUT2D eigenvalue weighted by Crippen LogP contribution is -2.43. The largest absolute Gasteiger partial charge is 0.329 e. The van der Waals surface area contributed by atoms with Crippen molar-refractivity contribution in [3.63, 3.8) is 0 Å². The van der Waals surface area contributed by atoms with Gasteiger partial charge >= 0.3 is 0 Å². The van der Waals surface area contributed by atoms with E-state index in [4.69, 9.17) is 5.73 Å². The van der Waals surface area contributed by atoms with E-state index in [0.29, 0.717) is 17.4 Å². The zero-order valence-corrected chi connectivity index (χ0v) is 12.9. The van der Waals surface area contributed by atoms with Crippen LogP contribution in [0.5, 0.6) is 0 Å². The van der Waals surface area contributed by atoms with Crippen LogP contribution in [0.25, 0.3) is 10.8 Å². The molecule has 1 fully saturated rings. The second-order valence-corrected chi connectivity index (χ2v) is 7.60. The van der Waals surface area contributed by atoms with E-state index < -0.39 is 10.0 Å². The number of nitrogens with two attached hydrogens (primary N) is 1. The summed E-state index contributed by atoms with van der Waals surface area (Å²) in [5, 5.41) is 1.70. The molecule has 2 aromatic rings. The number of rotatable bonds is 5. The van der Waals surface area contributed by atoms with E-state index in [9.17, 15) is 8.42 Å². The summed E-state index contributed by atoms with van der Waals surface area (Å²) >= 11 is 0. The molecule has 1 atom stereocenters. The van der Waals surface area contributed by atoms with Gasteiger partial charge in [-0.25, -0.2) is 8.42 Å². The topological polar surface area (TPSA) is 63.4 Å². The summed E-state index contributed by atoms with van der Waals surface area (Å²) in [7, 11) is -1.88. The van der Waals surface area contributed by atoms with E-state index in [-0.39, 0.29) is 6.04 Å². The van der Waals surface area contributed by atoms with E-state index in [2.05, 4.69) is 0 Å². The zero-order valence-electron chi connectivity index (χ0n) is 12.1. The Morgan fingerprint density at radius 1 is 1.19 bits per heavy atom. The third kappa shape index (κ3) is 2.57. The summed E-state index contributed by atoms with van der Waals surface area (Å²) in [4.78, 5) is 0.363. The van der Waals surface area contributed by atoms with Gasteiger partial charge in [0, 0.05) is 25.0 Å². The van der Waals surface area contributed by atoms with Crippen LogP contribution in [0.3, 0.4) is 0 Å². The van der Waals surface area contributed by atoms with Crippen molar-refractivity contribution in [1.29, 1.82) is 0 Å². The van der Waals surface area contributed by atoms with Crippen LogP contribution in [0.1, 0.15) is 12.8 Å². The number of benzene rings is 2. The van der Waals surface area contributed by atoms with Crippen molar-refractivity contribution in [2.75, 3.05) is 13.6 Å². The van der Waals surface area contributed by atoms with E-state index in [1.807, 2.05) is 30.3 Å². The van der Waals surface area contributed by atoms with Crippen LogP contribution in [-0.2, 0) is 10.0 Å². The smallest absolute Gasteiger partial charge is 0.243 e. The molecule has 0 spiro atoms. The van der Waals surface area contributed by atoms with Gasteiger partial charge in [-0.1, -0.05) is 36.4 Å². The standard InChI is InChI=1S/C16H20N2O2S/c1-18(15(11-17)13-9-10-13)21(19,20)16-8-4-6-12-5-2-3-7-14(12)16/h2-8,13,15H,9-11,17H2,1H3. The molecule has 2 N–H and O–H groups in total. The number of likely N-dealkylation sites (N-methyl/N-ethyl adjacent to an activating group) is 1. The maximum Gasteiger partial charge on any atom is 0.243 e. The summed E-state index contributed by atoms with van der Waals surface area (Å²) < 4.78 is 27.4. The molecule has 4 nitrogen and oxygen atoms in total. The Bertz CT molecular complexity index is 748. The molecule has 0 aromatic heterocycles. The maximum atomic E-state index is 12.9. The molecular formula is C16H20N2O2S. The fourth-order valence-electron chi connectivity index (χ4n) is 2.87. The highest BCUT2D eigenvalue weighted by atomic mass is 32.2. The van der Waals surface area contributed by atoms with Gasteiger partial charge in [0.2, 0.25) is 10.0 Å². The minimum absolute atomic E-state index is 0.103. The van der Waals surface area contributed by atoms with Crippen molar-refractivity contribution < 1.29 is 8.42 Å². The number of nitrogens with zero attached hydrogens (tertiary/aromatic N) is 1. The molecule has 1 saturated carbocycles. The monoisotopic (exact) mass is 304 g/mol. The Morgan fingerprint density at radius 3 is 2.52 bits per heavy atom. The summed E-state index contributed by atoms with van der Waals surface area (Å²) in [6.07, 6.45) is 2.13. The van der Waals surface area contributed by atoms with Crippen molar-refractivity contribution >= 4 is 20.8 Å². The second kappa shape index (κ2) is 5.40. The number of hydrogen-bond acceptors (Lipinski definition) is 3. The molecule has 0 amide bonds. The quantitative estimate of drug-likeness (QED) is 0.921. The molecule has 2 aromatic carbocycles. The molecule has 3 rings (SSSR count). The SMILES string of the molecule is CN(C(CN)C1CC1)S(=O)(=O)c1cccc2ccccc12. The van der Waals surface area contributed by atoms with Crippen molar-refractivity contribution in [1.82, 2.24) is 4.31 Å². The highest BCUT2D eigenvalue weighted by molar-refractivity contribution is 7.89. The summed E-state index contributed by atoms with van der Waals surface area (Å²) in [6, 6.07) is 12.8. The van der Waals surface area contributed by atoms with Crippen LogP contribution in [0.15, 0.2) is 47.4 Å². The van der Waals surface area contributed by atoms with Gasteiger partial charge in [-0.3, -0.25) is 0 Å². The first-order valence-corrected chi connectivity index (χ1v) is 8.65. The highest BCUT2D eigenvalue weighted by Gasteiger charge is 2.38. The molecule has 112 valence electrons. The van der Waals surface area contributed by atoms with E-state index in [1.165, 1.54) is 4.31 Å². The molecule has 0 saturated heterocycles. The molecular weight excluding hydrogens is 284 g/mol. The van der Waals surface area contributed by atoms with Gasteiger partial charge < -0.3 is 5.73 Å². The molecule has 0 aliphatic heterocycles. The predicted molar refractivity (Wildman–Crippen MR) is 84.5 cm³/mol. The van der Waals surface area contributed by atoms with Gasteiger partial charge in [-0.15, -0.1) is 0 Å². The number of hydrogen-bond donors (Lipinski definition) is 1. The molecule has 0 radical (unpaired) electrons. The molecule has 0 bridgehead atoms. The molecule has 1 aliphatic rings. The molecule has 0 heterocycles. The Kier molecular flexibility index (Phi) is 3.73. The lowest BCUT2D eigenvalue weighted by Gasteiger charge is -2.26. The van der Waals surface area contributed by atoms with Crippen molar-refractivity contribution in [3.8, 4) is 0 Å². The Balaban J connectivity index is 2.07. The van der Waals surface area contributed by atoms with E-state index in [0.717, 1.165) is 23.6 Å². The normalized spacial score (nSPS) is 17.3. The van der Waals surface area contributed by atoms with Gasteiger partial charge in [-0.2, -0.15) is 4.31 Å². The zero-order chi connectivity index (χ0) is 15.0. The van der Waals surface area contributed by atoms with Crippen LogP contribution in [0.4, 0.5) is 0 Å². The minimum Gasteiger partial charge on any atom is -0.329 e. The molecule has 21 heavy (non-hydrogen) atoms. The summed E-state index contributed by atoms with van der Waals surface area (Å²) in [5.41, 5.74) is 5.80.